The first-order valence-corrected chi connectivity index (χ1v) is 8.76. The summed E-state index contributed by atoms with van der Waals surface area (Å²) in [6.45, 7) is 0. The SMILES string of the molecule is CNC(Cc1csc(-c2ccc(Cl)s2)n1)c1ccccc1. The summed E-state index contributed by atoms with van der Waals surface area (Å²) in [7, 11) is 1.99. The number of hydrogen-bond donors (Lipinski definition) is 1. The summed E-state index contributed by atoms with van der Waals surface area (Å²) in [6.07, 6.45) is 0.885. The average molecular weight is 335 g/mol. The molecule has 0 bridgehead atoms. The number of thiophene rings is 1. The third kappa shape index (κ3) is 3.52. The molecule has 0 aliphatic heterocycles. The molecule has 0 aliphatic carbocycles. The van der Waals surface area contributed by atoms with Crippen molar-refractivity contribution in [3.63, 3.8) is 0 Å². The number of likely N-dealkylation sites (N-methyl/N-ethyl adjacent to an activating group) is 1. The molecule has 21 heavy (non-hydrogen) atoms. The van der Waals surface area contributed by atoms with Crippen molar-refractivity contribution >= 4 is 34.3 Å². The minimum atomic E-state index is 0.285. The second-order valence-corrected chi connectivity index (χ2v) is 7.28. The minimum absolute atomic E-state index is 0.285. The Morgan fingerprint density at radius 3 is 2.67 bits per heavy atom. The van der Waals surface area contributed by atoms with Gasteiger partial charge in [0.25, 0.3) is 0 Å². The van der Waals surface area contributed by atoms with Crippen molar-refractivity contribution in [3.05, 3.63) is 63.4 Å². The van der Waals surface area contributed by atoms with Crippen LogP contribution >= 0.6 is 34.3 Å². The zero-order valence-corrected chi connectivity index (χ0v) is 13.9. The fourth-order valence-corrected chi connectivity index (χ4v) is 4.17. The van der Waals surface area contributed by atoms with Gasteiger partial charge in [-0.15, -0.1) is 22.7 Å². The van der Waals surface area contributed by atoms with Gasteiger partial charge in [-0.05, 0) is 24.7 Å². The molecule has 2 heterocycles. The summed E-state index contributed by atoms with van der Waals surface area (Å²) in [5.41, 5.74) is 2.40. The zero-order chi connectivity index (χ0) is 14.7. The van der Waals surface area contributed by atoms with Crippen LogP contribution in [0, 0.1) is 0 Å². The Balaban J connectivity index is 1.77. The largest absolute Gasteiger partial charge is 0.313 e. The number of thiazole rings is 1. The maximum atomic E-state index is 5.99. The predicted octanol–water partition coefficient (Wildman–Crippen LogP) is 5.03. The highest BCUT2D eigenvalue weighted by molar-refractivity contribution is 7.23. The Morgan fingerprint density at radius 2 is 2.00 bits per heavy atom. The third-order valence-electron chi connectivity index (χ3n) is 3.30. The molecule has 0 spiro atoms. The molecule has 0 saturated carbocycles. The van der Waals surface area contributed by atoms with E-state index >= 15 is 0 Å². The lowest BCUT2D eigenvalue weighted by atomic mass is 10.0. The second-order valence-electron chi connectivity index (χ2n) is 4.70. The van der Waals surface area contributed by atoms with Crippen molar-refractivity contribution in [2.24, 2.45) is 0 Å². The van der Waals surface area contributed by atoms with Crippen LogP contribution in [0.1, 0.15) is 17.3 Å². The molecule has 108 valence electrons. The molecule has 1 N–H and O–H groups in total. The van der Waals surface area contributed by atoms with E-state index in [0.29, 0.717) is 0 Å². The molecule has 2 aromatic heterocycles. The van der Waals surface area contributed by atoms with Crippen LogP contribution in [-0.4, -0.2) is 12.0 Å². The molecule has 1 atom stereocenters. The molecule has 0 aliphatic rings. The Morgan fingerprint density at radius 1 is 1.19 bits per heavy atom. The van der Waals surface area contributed by atoms with Gasteiger partial charge in [0, 0.05) is 17.8 Å². The van der Waals surface area contributed by atoms with Gasteiger partial charge in [-0.2, -0.15) is 0 Å². The van der Waals surface area contributed by atoms with Gasteiger partial charge in [0.1, 0.15) is 5.01 Å². The van der Waals surface area contributed by atoms with Crippen molar-refractivity contribution in [1.82, 2.24) is 10.3 Å². The van der Waals surface area contributed by atoms with Crippen LogP contribution in [0.4, 0.5) is 0 Å². The number of benzene rings is 1. The van der Waals surface area contributed by atoms with E-state index in [1.807, 2.05) is 25.2 Å². The Labute approximate surface area is 137 Å². The van der Waals surface area contributed by atoms with Crippen molar-refractivity contribution in [2.45, 2.75) is 12.5 Å². The van der Waals surface area contributed by atoms with E-state index in [0.717, 1.165) is 26.3 Å². The topological polar surface area (TPSA) is 24.9 Å². The molecule has 3 rings (SSSR count). The van der Waals surface area contributed by atoms with Crippen molar-refractivity contribution in [1.29, 1.82) is 0 Å². The molecule has 3 aromatic rings. The monoisotopic (exact) mass is 334 g/mol. The van der Waals surface area contributed by atoms with Gasteiger partial charge in [0.15, 0.2) is 0 Å². The van der Waals surface area contributed by atoms with Gasteiger partial charge in [0.05, 0.1) is 14.9 Å². The maximum absolute atomic E-state index is 5.99. The van der Waals surface area contributed by atoms with E-state index in [9.17, 15) is 0 Å². The quantitative estimate of drug-likeness (QED) is 0.708. The number of nitrogens with zero attached hydrogens (tertiary/aromatic N) is 1. The summed E-state index contributed by atoms with van der Waals surface area (Å²) in [5.74, 6) is 0. The summed E-state index contributed by atoms with van der Waals surface area (Å²) < 4.78 is 0.805. The van der Waals surface area contributed by atoms with Crippen LogP contribution in [0.2, 0.25) is 4.34 Å². The van der Waals surface area contributed by atoms with Crippen LogP contribution in [0.15, 0.2) is 47.8 Å². The molecular weight excluding hydrogens is 320 g/mol. The molecular formula is C16H15ClN2S2. The van der Waals surface area contributed by atoms with Crippen LogP contribution in [0.3, 0.4) is 0 Å². The standard InChI is InChI=1S/C16H15ClN2S2/c1-18-13(11-5-3-2-4-6-11)9-12-10-20-16(19-12)14-7-8-15(17)21-14/h2-8,10,13,18H,9H2,1H3. The summed E-state index contributed by atoms with van der Waals surface area (Å²) in [6, 6.07) is 14.7. The van der Waals surface area contributed by atoms with Gasteiger partial charge >= 0.3 is 0 Å². The van der Waals surface area contributed by atoms with Gasteiger partial charge in [-0.1, -0.05) is 41.9 Å². The highest BCUT2D eigenvalue weighted by Gasteiger charge is 2.13. The molecule has 0 fully saturated rings. The number of rotatable bonds is 5. The van der Waals surface area contributed by atoms with Crippen LogP contribution < -0.4 is 5.32 Å². The number of aromatic nitrogens is 1. The lowest BCUT2D eigenvalue weighted by Gasteiger charge is -2.15. The van der Waals surface area contributed by atoms with E-state index in [2.05, 4.69) is 35.0 Å². The molecule has 0 saturated heterocycles. The third-order valence-corrected chi connectivity index (χ3v) is 5.59. The minimum Gasteiger partial charge on any atom is -0.313 e. The lowest BCUT2D eigenvalue weighted by Crippen LogP contribution is -2.18. The van der Waals surface area contributed by atoms with E-state index in [1.54, 1.807) is 22.7 Å². The summed E-state index contributed by atoms with van der Waals surface area (Å²) in [5, 5.41) is 6.55. The number of hydrogen-bond acceptors (Lipinski definition) is 4. The fraction of sp³-hybridized carbons (Fsp3) is 0.188. The van der Waals surface area contributed by atoms with E-state index in [4.69, 9.17) is 16.6 Å². The normalized spacial score (nSPS) is 12.5. The lowest BCUT2D eigenvalue weighted by molar-refractivity contribution is 0.586. The van der Waals surface area contributed by atoms with Crippen molar-refractivity contribution in [2.75, 3.05) is 7.05 Å². The van der Waals surface area contributed by atoms with E-state index in [-0.39, 0.29) is 6.04 Å². The fourth-order valence-electron chi connectivity index (χ4n) is 2.22. The molecule has 0 amide bonds. The maximum Gasteiger partial charge on any atom is 0.133 e. The van der Waals surface area contributed by atoms with Crippen molar-refractivity contribution in [3.8, 4) is 9.88 Å². The number of halogens is 1. The molecule has 1 aromatic carbocycles. The highest BCUT2D eigenvalue weighted by Crippen LogP contribution is 2.33. The van der Waals surface area contributed by atoms with Crippen LogP contribution in [0.25, 0.3) is 9.88 Å². The smallest absolute Gasteiger partial charge is 0.133 e. The Kier molecular flexibility index (Phi) is 4.70. The first-order valence-electron chi connectivity index (χ1n) is 6.68. The second kappa shape index (κ2) is 6.71. The van der Waals surface area contributed by atoms with Crippen LogP contribution in [0.5, 0.6) is 0 Å². The predicted molar refractivity (Wildman–Crippen MR) is 92.4 cm³/mol. The van der Waals surface area contributed by atoms with Gasteiger partial charge in [-0.25, -0.2) is 4.98 Å². The van der Waals surface area contributed by atoms with Gasteiger partial charge in [0.2, 0.25) is 0 Å². The van der Waals surface area contributed by atoms with Gasteiger partial charge in [-0.3, -0.25) is 0 Å². The summed E-state index contributed by atoms with van der Waals surface area (Å²) in [4.78, 5) is 5.87. The first kappa shape index (κ1) is 14.7. The van der Waals surface area contributed by atoms with Gasteiger partial charge < -0.3 is 5.32 Å². The average Bonchev–Trinajstić information content (AvgIpc) is 3.14. The highest BCUT2D eigenvalue weighted by atomic mass is 35.5. The first-order chi connectivity index (χ1) is 10.3. The number of nitrogens with one attached hydrogen (secondary N) is 1. The molecule has 0 radical (unpaired) electrons. The zero-order valence-electron chi connectivity index (χ0n) is 11.5. The Bertz CT molecular complexity index is 706. The summed E-state index contributed by atoms with van der Waals surface area (Å²) >= 11 is 9.24. The van der Waals surface area contributed by atoms with E-state index in [1.165, 1.54) is 5.56 Å². The molecule has 1 unspecified atom stereocenters. The van der Waals surface area contributed by atoms with Crippen LogP contribution in [-0.2, 0) is 6.42 Å². The van der Waals surface area contributed by atoms with Crippen molar-refractivity contribution < 1.29 is 0 Å². The molecule has 5 heteroatoms. The van der Waals surface area contributed by atoms with E-state index < -0.39 is 0 Å². The Hall–Kier alpha value is -1.20. The molecule has 2 nitrogen and oxygen atoms in total.